The first-order chi connectivity index (χ1) is 13.7. The van der Waals surface area contributed by atoms with Crippen LogP contribution in [0.5, 0.6) is 0 Å². The van der Waals surface area contributed by atoms with Crippen molar-refractivity contribution in [2.45, 2.75) is 38.1 Å². The summed E-state index contributed by atoms with van der Waals surface area (Å²) in [6.07, 6.45) is 9.76. The molecule has 2 aliphatic heterocycles. The Morgan fingerprint density at radius 2 is 1.93 bits per heavy atom. The molecule has 28 heavy (non-hydrogen) atoms. The van der Waals surface area contributed by atoms with Crippen molar-refractivity contribution < 1.29 is 9.59 Å². The second kappa shape index (κ2) is 7.04. The minimum Gasteiger partial charge on any atom is -0.348 e. The lowest BCUT2D eigenvalue weighted by Crippen LogP contribution is -2.47. The number of rotatable bonds is 3. The first-order valence-electron chi connectivity index (χ1n) is 10.2. The number of carbonyl (C=O) groups is 2. The molecule has 3 aliphatic rings. The van der Waals surface area contributed by atoms with Crippen LogP contribution in [-0.2, 0) is 11.2 Å². The van der Waals surface area contributed by atoms with Crippen LogP contribution in [0, 0.1) is 11.8 Å². The van der Waals surface area contributed by atoms with Gasteiger partial charge in [-0.1, -0.05) is 0 Å². The molecular formula is C21H25N5O2. The largest absolute Gasteiger partial charge is 0.348 e. The molecule has 1 aliphatic carbocycles. The predicted octanol–water partition coefficient (Wildman–Crippen LogP) is 2.19. The van der Waals surface area contributed by atoms with E-state index in [1.807, 2.05) is 15.9 Å². The Labute approximate surface area is 164 Å². The number of fused-ring (bicyclic) bond motifs is 1. The van der Waals surface area contributed by atoms with E-state index >= 15 is 0 Å². The van der Waals surface area contributed by atoms with E-state index < -0.39 is 0 Å². The average Bonchev–Trinajstić information content (AvgIpc) is 3.49. The van der Waals surface area contributed by atoms with Crippen LogP contribution < -0.4 is 0 Å². The molecule has 0 aromatic carbocycles. The molecule has 0 radical (unpaired) electrons. The zero-order valence-corrected chi connectivity index (χ0v) is 15.9. The maximum absolute atomic E-state index is 13.2. The summed E-state index contributed by atoms with van der Waals surface area (Å²) in [5, 5.41) is 0. The van der Waals surface area contributed by atoms with Crippen molar-refractivity contribution in [3.8, 4) is 0 Å². The fraction of sp³-hybridized carbons (Fsp3) is 0.524. The van der Waals surface area contributed by atoms with Crippen molar-refractivity contribution in [2.75, 3.05) is 19.6 Å². The topological polar surface area (TPSA) is 82.2 Å². The van der Waals surface area contributed by atoms with Gasteiger partial charge in [-0.05, 0) is 43.7 Å². The number of hydrogen-bond donors (Lipinski definition) is 1. The zero-order chi connectivity index (χ0) is 19.1. The van der Waals surface area contributed by atoms with Gasteiger partial charge in [-0.2, -0.15) is 0 Å². The number of aromatic nitrogens is 3. The van der Waals surface area contributed by atoms with E-state index in [0.29, 0.717) is 23.9 Å². The normalized spacial score (nSPS) is 22.8. The fourth-order valence-corrected chi connectivity index (χ4v) is 4.69. The van der Waals surface area contributed by atoms with Crippen molar-refractivity contribution in [2.24, 2.45) is 11.8 Å². The standard InChI is InChI=1S/C21H25N5O2/c27-20(15-3-4-15)25-9-5-14(6-10-25)19-18-17(23-13-24-18)7-11-26(19)21(28)16-2-1-8-22-12-16/h1-2,8,12-15,19H,3-7,9-11H2,(H,23,24). The molecule has 7 heteroatoms. The maximum Gasteiger partial charge on any atom is 0.256 e. The molecule has 4 heterocycles. The van der Waals surface area contributed by atoms with Crippen molar-refractivity contribution in [1.29, 1.82) is 0 Å². The molecule has 5 rings (SSSR count). The highest BCUT2D eigenvalue weighted by Gasteiger charge is 2.41. The minimum atomic E-state index is -0.0408. The van der Waals surface area contributed by atoms with Crippen LogP contribution in [-0.4, -0.2) is 56.2 Å². The summed E-state index contributed by atoms with van der Waals surface area (Å²) in [6, 6.07) is 3.58. The number of piperidine rings is 1. The lowest BCUT2D eigenvalue weighted by molar-refractivity contribution is -0.134. The van der Waals surface area contributed by atoms with Crippen molar-refractivity contribution in [3.63, 3.8) is 0 Å². The van der Waals surface area contributed by atoms with E-state index in [9.17, 15) is 9.59 Å². The second-order valence-corrected chi connectivity index (χ2v) is 8.14. The van der Waals surface area contributed by atoms with E-state index in [-0.39, 0.29) is 17.9 Å². The average molecular weight is 379 g/mol. The summed E-state index contributed by atoms with van der Waals surface area (Å²) < 4.78 is 0. The monoisotopic (exact) mass is 379 g/mol. The highest BCUT2D eigenvalue weighted by Crippen LogP contribution is 2.40. The molecule has 2 amide bonds. The number of imidazole rings is 1. The molecule has 0 spiro atoms. The number of hydrogen-bond acceptors (Lipinski definition) is 4. The second-order valence-electron chi connectivity index (χ2n) is 8.14. The Balaban J connectivity index is 1.38. The molecule has 2 fully saturated rings. The third kappa shape index (κ3) is 3.08. The molecule has 1 saturated heterocycles. The summed E-state index contributed by atoms with van der Waals surface area (Å²) in [5.74, 6) is 0.924. The Morgan fingerprint density at radius 3 is 2.64 bits per heavy atom. The summed E-state index contributed by atoms with van der Waals surface area (Å²) in [5.41, 5.74) is 2.75. The molecule has 1 saturated carbocycles. The quantitative estimate of drug-likeness (QED) is 0.886. The first kappa shape index (κ1) is 17.4. The molecule has 1 atom stereocenters. The van der Waals surface area contributed by atoms with Crippen molar-refractivity contribution in [1.82, 2.24) is 24.8 Å². The number of nitrogens with zero attached hydrogens (tertiary/aromatic N) is 4. The number of pyridine rings is 1. The molecule has 7 nitrogen and oxygen atoms in total. The van der Waals surface area contributed by atoms with E-state index in [1.165, 1.54) is 0 Å². The van der Waals surface area contributed by atoms with Crippen LogP contribution in [0.3, 0.4) is 0 Å². The lowest BCUT2D eigenvalue weighted by atomic mass is 9.83. The Morgan fingerprint density at radius 1 is 1.11 bits per heavy atom. The van der Waals surface area contributed by atoms with Crippen LogP contribution >= 0.6 is 0 Å². The van der Waals surface area contributed by atoms with Crippen LogP contribution in [0.2, 0.25) is 0 Å². The van der Waals surface area contributed by atoms with Gasteiger partial charge in [0.15, 0.2) is 0 Å². The SMILES string of the molecule is O=C(C1CC1)N1CCC(C2c3nc[nH]c3CCN2C(=O)c2cccnc2)CC1. The van der Waals surface area contributed by atoms with E-state index in [1.54, 1.807) is 24.8 Å². The molecular weight excluding hydrogens is 354 g/mol. The van der Waals surface area contributed by atoms with Gasteiger partial charge in [0, 0.05) is 50.1 Å². The Bertz CT molecular complexity index is 868. The summed E-state index contributed by atoms with van der Waals surface area (Å²) >= 11 is 0. The highest BCUT2D eigenvalue weighted by molar-refractivity contribution is 5.94. The Hall–Kier alpha value is -2.70. The predicted molar refractivity (Wildman–Crippen MR) is 102 cm³/mol. The number of carbonyl (C=O) groups excluding carboxylic acids is 2. The number of likely N-dealkylation sites (tertiary alicyclic amines) is 1. The molecule has 0 bridgehead atoms. The smallest absolute Gasteiger partial charge is 0.256 e. The zero-order valence-electron chi connectivity index (χ0n) is 15.9. The van der Waals surface area contributed by atoms with E-state index in [2.05, 4.69) is 15.0 Å². The number of nitrogens with one attached hydrogen (secondary N) is 1. The summed E-state index contributed by atoms with van der Waals surface area (Å²) in [7, 11) is 0. The van der Waals surface area contributed by atoms with Gasteiger partial charge in [0.05, 0.1) is 23.6 Å². The van der Waals surface area contributed by atoms with E-state index in [0.717, 1.165) is 56.6 Å². The molecule has 1 N–H and O–H groups in total. The van der Waals surface area contributed by atoms with Crippen LogP contribution in [0.25, 0.3) is 0 Å². The van der Waals surface area contributed by atoms with Gasteiger partial charge in [-0.25, -0.2) is 4.98 Å². The number of H-pyrrole nitrogens is 1. The first-order valence-corrected chi connectivity index (χ1v) is 10.2. The fourth-order valence-electron chi connectivity index (χ4n) is 4.69. The Kier molecular flexibility index (Phi) is 4.37. The number of amides is 2. The summed E-state index contributed by atoms with van der Waals surface area (Å²) in [6.45, 7) is 2.24. The van der Waals surface area contributed by atoms with Gasteiger partial charge in [0.25, 0.3) is 5.91 Å². The molecule has 146 valence electrons. The summed E-state index contributed by atoms with van der Waals surface area (Å²) in [4.78, 5) is 41.6. The molecule has 2 aromatic rings. The van der Waals surface area contributed by atoms with E-state index in [4.69, 9.17) is 0 Å². The highest BCUT2D eigenvalue weighted by atomic mass is 16.2. The third-order valence-electron chi connectivity index (χ3n) is 6.36. The van der Waals surface area contributed by atoms with Crippen LogP contribution in [0.15, 0.2) is 30.9 Å². The maximum atomic E-state index is 13.2. The number of aromatic amines is 1. The minimum absolute atomic E-state index is 0.0169. The van der Waals surface area contributed by atoms with Crippen LogP contribution in [0.1, 0.15) is 53.5 Å². The van der Waals surface area contributed by atoms with Gasteiger partial charge in [0.1, 0.15) is 0 Å². The third-order valence-corrected chi connectivity index (χ3v) is 6.36. The van der Waals surface area contributed by atoms with Crippen LogP contribution in [0.4, 0.5) is 0 Å². The molecule has 1 unspecified atom stereocenters. The van der Waals surface area contributed by atoms with Gasteiger partial charge in [-0.15, -0.1) is 0 Å². The van der Waals surface area contributed by atoms with Crippen molar-refractivity contribution >= 4 is 11.8 Å². The molecule has 2 aromatic heterocycles. The van der Waals surface area contributed by atoms with Gasteiger partial charge < -0.3 is 14.8 Å². The van der Waals surface area contributed by atoms with Crippen molar-refractivity contribution in [3.05, 3.63) is 47.8 Å². The lowest BCUT2D eigenvalue weighted by Gasteiger charge is -2.43. The van der Waals surface area contributed by atoms with Gasteiger partial charge in [-0.3, -0.25) is 14.6 Å². The van der Waals surface area contributed by atoms with Gasteiger partial charge >= 0.3 is 0 Å². The van der Waals surface area contributed by atoms with Gasteiger partial charge in [0.2, 0.25) is 5.91 Å².